The largest absolute Gasteiger partial charge is 0.381 e. The lowest BCUT2D eigenvalue weighted by molar-refractivity contribution is 0.0509. The van der Waals surface area contributed by atoms with Crippen LogP contribution in [0, 0.1) is 31.5 Å². The smallest absolute Gasteiger partial charge is 0.261 e. The molecule has 1 aromatic carbocycles. The first-order valence-corrected chi connectivity index (χ1v) is 13.0. The molecule has 6 rings (SSSR count). The average molecular weight is 480 g/mol. The molecule has 35 heavy (non-hydrogen) atoms. The predicted molar refractivity (Wildman–Crippen MR) is 133 cm³/mol. The number of hydrogen-bond acceptors (Lipinski definition) is 7. The van der Waals surface area contributed by atoms with Crippen LogP contribution < -0.4 is 4.90 Å². The fourth-order valence-corrected chi connectivity index (χ4v) is 6.32. The van der Waals surface area contributed by atoms with Crippen molar-refractivity contribution in [2.45, 2.75) is 52.5 Å². The summed E-state index contributed by atoms with van der Waals surface area (Å²) in [4.78, 5) is 14.5. The highest BCUT2D eigenvalue weighted by Crippen LogP contribution is 2.41. The van der Waals surface area contributed by atoms with Gasteiger partial charge in [-0.1, -0.05) is 12.1 Å². The monoisotopic (exact) mass is 479 g/mol. The van der Waals surface area contributed by atoms with Gasteiger partial charge in [0.2, 0.25) is 0 Å². The fraction of sp³-hybridized carbons (Fsp3) is 0.593. The van der Waals surface area contributed by atoms with Gasteiger partial charge in [0.15, 0.2) is 5.82 Å². The Labute approximate surface area is 205 Å². The Bertz CT molecular complexity index is 1240. The summed E-state index contributed by atoms with van der Waals surface area (Å²) >= 11 is 0. The topological polar surface area (TPSA) is 67.5 Å². The fourth-order valence-electron chi connectivity index (χ4n) is 6.32. The summed E-state index contributed by atoms with van der Waals surface area (Å²) in [5.74, 6) is 2.86. The number of likely N-dealkylation sites (tertiary alicyclic amines) is 1. The first kappa shape index (κ1) is 22.9. The van der Waals surface area contributed by atoms with Crippen molar-refractivity contribution in [2.24, 2.45) is 11.8 Å². The maximum absolute atomic E-state index is 15.2. The van der Waals surface area contributed by atoms with Crippen LogP contribution in [0.1, 0.15) is 43.1 Å². The molecule has 3 aliphatic rings. The number of halogens is 1. The van der Waals surface area contributed by atoms with Gasteiger partial charge in [-0.25, -0.2) is 9.37 Å². The van der Waals surface area contributed by atoms with E-state index in [1.165, 1.54) is 6.42 Å². The van der Waals surface area contributed by atoms with Crippen molar-refractivity contribution in [3.05, 3.63) is 34.9 Å². The molecule has 0 N–H and O–H groups in total. The minimum Gasteiger partial charge on any atom is -0.381 e. The maximum atomic E-state index is 15.2. The van der Waals surface area contributed by atoms with Gasteiger partial charge in [-0.05, 0) is 81.2 Å². The number of hydrogen-bond donors (Lipinski definition) is 0. The highest BCUT2D eigenvalue weighted by atomic mass is 19.1. The molecule has 3 saturated heterocycles. The van der Waals surface area contributed by atoms with Crippen LogP contribution in [-0.4, -0.2) is 65.5 Å². The zero-order valence-electron chi connectivity index (χ0n) is 20.9. The molecular weight excluding hydrogens is 445 g/mol. The van der Waals surface area contributed by atoms with Gasteiger partial charge in [-0.15, -0.1) is 0 Å². The van der Waals surface area contributed by atoms with E-state index in [1.807, 2.05) is 26.8 Å². The van der Waals surface area contributed by atoms with Crippen LogP contribution in [0.2, 0.25) is 0 Å². The van der Waals surface area contributed by atoms with E-state index in [9.17, 15) is 0 Å². The molecule has 0 spiro atoms. The SMILES string of the molecule is CCc1cc(F)c2nc(N3C[C@H]4CCN(CC5CCOCC5)[C@H]4C3)c(-c3nc(C)no3)c(C)c2c1. The molecule has 0 bridgehead atoms. The Morgan fingerprint density at radius 3 is 2.66 bits per heavy atom. The van der Waals surface area contributed by atoms with Gasteiger partial charge in [0.1, 0.15) is 17.2 Å². The summed E-state index contributed by atoms with van der Waals surface area (Å²) in [6, 6.07) is 4.16. The summed E-state index contributed by atoms with van der Waals surface area (Å²) < 4.78 is 26.4. The van der Waals surface area contributed by atoms with Gasteiger partial charge in [0.25, 0.3) is 5.89 Å². The first-order chi connectivity index (χ1) is 17.0. The van der Waals surface area contributed by atoms with Gasteiger partial charge >= 0.3 is 0 Å². The van der Waals surface area contributed by atoms with Gasteiger partial charge in [-0.2, -0.15) is 4.98 Å². The lowest BCUT2D eigenvalue weighted by atomic mass is 9.99. The zero-order chi connectivity index (χ0) is 24.1. The number of pyridine rings is 1. The van der Waals surface area contributed by atoms with Crippen LogP contribution in [0.5, 0.6) is 0 Å². The molecule has 0 radical (unpaired) electrons. The average Bonchev–Trinajstić information content (AvgIpc) is 3.57. The minimum atomic E-state index is -0.266. The molecule has 2 atom stereocenters. The summed E-state index contributed by atoms with van der Waals surface area (Å²) in [7, 11) is 0. The van der Waals surface area contributed by atoms with Gasteiger partial charge in [0.05, 0.1) is 5.56 Å². The van der Waals surface area contributed by atoms with Crippen molar-refractivity contribution >= 4 is 16.7 Å². The van der Waals surface area contributed by atoms with Crippen LogP contribution in [0.3, 0.4) is 0 Å². The quantitative estimate of drug-likeness (QED) is 0.532. The van der Waals surface area contributed by atoms with Crippen LogP contribution in [0.4, 0.5) is 10.2 Å². The Balaban J connectivity index is 1.38. The Morgan fingerprint density at radius 1 is 1.09 bits per heavy atom. The van der Waals surface area contributed by atoms with Crippen LogP contribution in [0.25, 0.3) is 22.4 Å². The van der Waals surface area contributed by atoms with Gasteiger partial charge in [-0.3, -0.25) is 4.90 Å². The van der Waals surface area contributed by atoms with Gasteiger partial charge < -0.3 is 14.2 Å². The molecule has 0 amide bonds. The summed E-state index contributed by atoms with van der Waals surface area (Å²) in [6.07, 6.45) is 4.27. The molecule has 3 aromatic rings. The second kappa shape index (κ2) is 9.13. The van der Waals surface area contributed by atoms with Crippen LogP contribution in [0.15, 0.2) is 16.7 Å². The lowest BCUT2D eigenvalue weighted by Gasteiger charge is -2.31. The number of rotatable bonds is 5. The van der Waals surface area contributed by atoms with E-state index in [0.717, 1.165) is 92.5 Å². The second-order valence-corrected chi connectivity index (χ2v) is 10.5. The third kappa shape index (κ3) is 4.10. The molecule has 8 heteroatoms. The summed E-state index contributed by atoms with van der Waals surface area (Å²) in [6.45, 7) is 11.8. The number of aromatic nitrogens is 3. The summed E-state index contributed by atoms with van der Waals surface area (Å²) in [5, 5.41) is 4.86. The van der Waals surface area contributed by atoms with E-state index in [2.05, 4.69) is 19.9 Å². The van der Waals surface area contributed by atoms with E-state index in [4.69, 9.17) is 14.2 Å². The molecule has 7 nitrogen and oxygen atoms in total. The minimum absolute atomic E-state index is 0.266. The van der Waals surface area contributed by atoms with Crippen molar-refractivity contribution in [2.75, 3.05) is 44.3 Å². The predicted octanol–water partition coefficient (Wildman–Crippen LogP) is 4.54. The molecule has 3 fully saturated rings. The number of fused-ring (bicyclic) bond motifs is 2. The molecule has 3 aliphatic heterocycles. The Kier molecular flexibility index (Phi) is 5.96. The van der Waals surface area contributed by atoms with E-state index >= 15 is 4.39 Å². The van der Waals surface area contributed by atoms with Crippen molar-refractivity contribution < 1.29 is 13.7 Å². The molecule has 0 unspecified atom stereocenters. The van der Waals surface area contributed by atoms with Crippen molar-refractivity contribution in [1.82, 2.24) is 20.0 Å². The summed E-state index contributed by atoms with van der Waals surface area (Å²) in [5.41, 5.74) is 3.16. The Morgan fingerprint density at radius 2 is 1.91 bits per heavy atom. The number of anilines is 1. The van der Waals surface area contributed by atoms with E-state index < -0.39 is 0 Å². The van der Waals surface area contributed by atoms with Gasteiger partial charge in [0, 0.05) is 44.3 Å². The van der Waals surface area contributed by atoms with Crippen molar-refractivity contribution in [1.29, 1.82) is 0 Å². The molecule has 2 aromatic heterocycles. The highest BCUT2D eigenvalue weighted by Gasteiger charge is 2.43. The maximum Gasteiger partial charge on any atom is 0.261 e. The molecule has 0 aliphatic carbocycles. The molecular formula is C27H34FN5O2. The van der Waals surface area contributed by atoms with E-state index in [0.29, 0.717) is 29.2 Å². The number of aryl methyl sites for hydroxylation is 3. The normalized spacial score (nSPS) is 23.5. The zero-order valence-corrected chi connectivity index (χ0v) is 20.9. The van der Waals surface area contributed by atoms with Crippen molar-refractivity contribution in [3.63, 3.8) is 0 Å². The van der Waals surface area contributed by atoms with Crippen LogP contribution in [-0.2, 0) is 11.2 Å². The molecule has 186 valence electrons. The highest BCUT2D eigenvalue weighted by molar-refractivity contribution is 5.93. The molecule has 5 heterocycles. The first-order valence-electron chi connectivity index (χ1n) is 13.0. The lowest BCUT2D eigenvalue weighted by Crippen LogP contribution is -2.39. The van der Waals surface area contributed by atoms with Crippen LogP contribution >= 0.6 is 0 Å². The Hall–Kier alpha value is -2.58. The third-order valence-electron chi connectivity index (χ3n) is 8.29. The van der Waals surface area contributed by atoms with E-state index in [-0.39, 0.29) is 5.82 Å². The van der Waals surface area contributed by atoms with E-state index in [1.54, 1.807) is 6.07 Å². The molecule has 0 saturated carbocycles. The standard InChI is InChI=1S/C27H34FN5O2/c1-4-18-11-21-16(2)24(27-29-17(3)31-35-27)26(30-25(21)22(28)12-18)33-14-20-5-8-32(23(20)15-33)13-19-6-9-34-10-7-19/h11-12,19-20,23H,4-10,13-15H2,1-3H3/t20-,23+/m1/s1. The third-order valence-corrected chi connectivity index (χ3v) is 8.29. The second-order valence-electron chi connectivity index (χ2n) is 10.5. The number of benzene rings is 1. The van der Waals surface area contributed by atoms with Crippen molar-refractivity contribution in [3.8, 4) is 11.5 Å². The number of ether oxygens (including phenoxy) is 1. The number of nitrogens with zero attached hydrogens (tertiary/aromatic N) is 5.